The van der Waals surface area contributed by atoms with Crippen molar-refractivity contribution in [2.45, 2.75) is 56.6 Å². The summed E-state index contributed by atoms with van der Waals surface area (Å²) in [4.78, 5) is 24.5. The van der Waals surface area contributed by atoms with Gasteiger partial charge in [-0.15, -0.1) is 0 Å². The third-order valence-electron chi connectivity index (χ3n) is 6.26. The van der Waals surface area contributed by atoms with Crippen LogP contribution in [0, 0.1) is 11.8 Å². The maximum Gasteiger partial charge on any atom is 0.490 e. The number of carboxylic acid groups (broad SMARTS) is 2. The SMILES string of the molecule is COc1ncccc1CN1CC2(CC(CCOCC3CC3)CCO2)C1.O=C(O)C(F)(F)F.O=C(O)C(F)(F)F. The number of halogens is 6. The van der Waals surface area contributed by atoms with E-state index in [1.165, 1.54) is 32.1 Å². The van der Waals surface area contributed by atoms with E-state index in [1.54, 1.807) is 13.3 Å². The fourth-order valence-corrected chi connectivity index (χ4v) is 4.23. The first-order chi connectivity index (χ1) is 18.1. The van der Waals surface area contributed by atoms with Gasteiger partial charge in [0.25, 0.3) is 0 Å². The minimum absolute atomic E-state index is 0.0782. The van der Waals surface area contributed by atoms with E-state index < -0.39 is 24.3 Å². The van der Waals surface area contributed by atoms with E-state index >= 15 is 0 Å². The Bertz CT molecular complexity index is 910. The van der Waals surface area contributed by atoms with Crippen LogP contribution in [0.25, 0.3) is 0 Å². The molecule has 1 unspecified atom stereocenters. The first-order valence-corrected chi connectivity index (χ1v) is 12.2. The zero-order chi connectivity index (χ0) is 29.3. The van der Waals surface area contributed by atoms with Crippen molar-refractivity contribution >= 4 is 11.9 Å². The average molecular weight is 575 g/mol. The Balaban J connectivity index is 0.000000317. The third-order valence-corrected chi connectivity index (χ3v) is 6.26. The van der Waals surface area contributed by atoms with E-state index in [2.05, 4.69) is 16.0 Å². The molecule has 1 atom stereocenters. The van der Waals surface area contributed by atoms with Gasteiger partial charge in [0, 0.05) is 51.2 Å². The van der Waals surface area contributed by atoms with Crippen LogP contribution in [0.5, 0.6) is 5.88 Å². The second-order valence-electron chi connectivity index (χ2n) is 9.62. The van der Waals surface area contributed by atoms with Crippen LogP contribution in [0.4, 0.5) is 26.3 Å². The molecule has 4 rings (SSSR count). The molecule has 3 heterocycles. The van der Waals surface area contributed by atoms with Crippen molar-refractivity contribution in [3.8, 4) is 5.88 Å². The smallest absolute Gasteiger partial charge is 0.481 e. The normalized spacial score (nSPS) is 20.5. The summed E-state index contributed by atoms with van der Waals surface area (Å²) in [5.41, 5.74) is 1.23. The molecule has 1 spiro atoms. The molecule has 1 aromatic heterocycles. The maximum atomic E-state index is 10.6. The topological polar surface area (TPSA) is 118 Å². The van der Waals surface area contributed by atoms with Crippen LogP contribution in [0.15, 0.2) is 18.3 Å². The summed E-state index contributed by atoms with van der Waals surface area (Å²) in [5, 5.41) is 14.2. The van der Waals surface area contributed by atoms with Gasteiger partial charge in [-0.1, -0.05) is 6.07 Å². The number of methoxy groups -OCH3 is 1. The number of carbonyl (C=O) groups is 2. The Hall–Kier alpha value is -2.65. The molecule has 9 nitrogen and oxygen atoms in total. The van der Waals surface area contributed by atoms with Crippen LogP contribution in [0.2, 0.25) is 0 Å². The molecule has 3 aliphatic rings. The number of carboxylic acids is 2. The molecule has 0 amide bonds. The molecular formula is C24H32F6N2O7. The summed E-state index contributed by atoms with van der Waals surface area (Å²) < 4.78 is 80.8. The number of rotatable bonds is 8. The van der Waals surface area contributed by atoms with E-state index in [1.807, 2.05) is 6.07 Å². The summed E-state index contributed by atoms with van der Waals surface area (Å²) in [6.45, 7) is 5.73. The van der Waals surface area contributed by atoms with Gasteiger partial charge in [-0.25, -0.2) is 14.6 Å². The van der Waals surface area contributed by atoms with Crippen LogP contribution in [0.3, 0.4) is 0 Å². The molecule has 3 fully saturated rings. The molecule has 222 valence electrons. The van der Waals surface area contributed by atoms with Crippen molar-refractivity contribution in [1.82, 2.24) is 9.88 Å². The molecule has 1 aliphatic carbocycles. The highest BCUT2D eigenvalue weighted by Crippen LogP contribution is 2.39. The highest BCUT2D eigenvalue weighted by Gasteiger charge is 2.47. The Morgan fingerprint density at radius 3 is 2.18 bits per heavy atom. The lowest BCUT2D eigenvalue weighted by molar-refractivity contribution is -0.193. The molecule has 2 aliphatic heterocycles. The number of hydrogen-bond donors (Lipinski definition) is 2. The van der Waals surface area contributed by atoms with Gasteiger partial charge >= 0.3 is 24.3 Å². The Morgan fingerprint density at radius 1 is 1.08 bits per heavy atom. The number of nitrogens with zero attached hydrogens (tertiary/aromatic N) is 2. The number of pyridine rings is 1. The Labute approximate surface area is 221 Å². The van der Waals surface area contributed by atoms with E-state index in [-0.39, 0.29) is 5.60 Å². The molecular weight excluding hydrogens is 542 g/mol. The predicted octanol–water partition coefficient (Wildman–Crippen LogP) is 4.15. The largest absolute Gasteiger partial charge is 0.490 e. The standard InChI is InChI=1S/C20H30N2O3.2C2HF3O2/c1-23-19-18(3-2-8-21-19)12-22-14-20(15-22)11-16(7-10-25-20)6-9-24-13-17-4-5-17;2*3-2(4,5)1(6)7/h2-3,8,16-17H,4-7,9-15H2,1H3;2*(H,6,7). The van der Waals surface area contributed by atoms with E-state index in [4.69, 9.17) is 34.0 Å². The van der Waals surface area contributed by atoms with E-state index in [0.29, 0.717) is 0 Å². The van der Waals surface area contributed by atoms with Gasteiger partial charge in [-0.3, -0.25) is 4.90 Å². The fraction of sp³-hybridized carbons (Fsp3) is 0.708. The third kappa shape index (κ3) is 11.5. The lowest BCUT2D eigenvalue weighted by atomic mass is 9.79. The summed E-state index contributed by atoms with van der Waals surface area (Å²) >= 11 is 0. The second kappa shape index (κ2) is 14.1. The van der Waals surface area contributed by atoms with Crippen molar-refractivity contribution in [2.24, 2.45) is 11.8 Å². The molecule has 15 heteroatoms. The minimum Gasteiger partial charge on any atom is -0.481 e. The molecule has 1 aromatic rings. The van der Waals surface area contributed by atoms with Gasteiger partial charge in [-0.2, -0.15) is 26.3 Å². The monoisotopic (exact) mass is 574 g/mol. The number of likely N-dealkylation sites (tertiary alicyclic amines) is 1. The highest BCUT2D eigenvalue weighted by atomic mass is 19.4. The van der Waals surface area contributed by atoms with Crippen LogP contribution in [-0.4, -0.2) is 90.0 Å². The molecule has 2 N–H and O–H groups in total. The number of aromatic nitrogens is 1. The zero-order valence-corrected chi connectivity index (χ0v) is 21.3. The van der Waals surface area contributed by atoms with Gasteiger partial charge in [-0.05, 0) is 50.0 Å². The van der Waals surface area contributed by atoms with Crippen LogP contribution >= 0.6 is 0 Å². The van der Waals surface area contributed by atoms with Crippen molar-refractivity contribution in [2.75, 3.05) is 40.0 Å². The summed E-state index contributed by atoms with van der Waals surface area (Å²) in [6.07, 6.45) is -2.09. The van der Waals surface area contributed by atoms with Crippen molar-refractivity contribution in [1.29, 1.82) is 0 Å². The second-order valence-corrected chi connectivity index (χ2v) is 9.62. The lowest BCUT2D eigenvalue weighted by Crippen LogP contribution is -2.64. The van der Waals surface area contributed by atoms with Crippen molar-refractivity contribution in [3.63, 3.8) is 0 Å². The lowest BCUT2D eigenvalue weighted by Gasteiger charge is -2.53. The quantitative estimate of drug-likeness (QED) is 0.349. The van der Waals surface area contributed by atoms with Crippen molar-refractivity contribution < 1.29 is 60.4 Å². The van der Waals surface area contributed by atoms with Gasteiger partial charge in [0.1, 0.15) is 0 Å². The first-order valence-electron chi connectivity index (χ1n) is 12.2. The van der Waals surface area contributed by atoms with Gasteiger partial charge in [0.05, 0.1) is 12.7 Å². The van der Waals surface area contributed by atoms with Crippen molar-refractivity contribution in [3.05, 3.63) is 23.9 Å². The highest BCUT2D eigenvalue weighted by molar-refractivity contribution is 5.73. The number of aliphatic carboxylic acids is 2. The molecule has 0 aromatic carbocycles. The number of ether oxygens (including phenoxy) is 3. The molecule has 1 saturated carbocycles. The number of alkyl halides is 6. The number of hydrogen-bond acceptors (Lipinski definition) is 7. The molecule has 2 saturated heterocycles. The Morgan fingerprint density at radius 2 is 1.67 bits per heavy atom. The average Bonchev–Trinajstić information content (AvgIpc) is 3.66. The minimum atomic E-state index is -5.08. The fourth-order valence-electron chi connectivity index (χ4n) is 4.23. The van der Waals surface area contributed by atoms with Crippen LogP contribution < -0.4 is 4.74 Å². The Kier molecular flexibility index (Phi) is 11.8. The summed E-state index contributed by atoms with van der Waals surface area (Å²) in [6, 6.07) is 4.07. The van der Waals surface area contributed by atoms with E-state index in [0.717, 1.165) is 62.7 Å². The zero-order valence-electron chi connectivity index (χ0n) is 21.3. The van der Waals surface area contributed by atoms with Gasteiger partial charge < -0.3 is 24.4 Å². The summed E-state index contributed by atoms with van der Waals surface area (Å²) in [7, 11) is 1.68. The first kappa shape index (κ1) is 32.6. The molecule has 39 heavy (non-hydrogen) atoms. The van der Waals surface area contributed by atoms with Gasteiger partial charge in [0.15, 0.2) is 0 Å². The van der Waals surface area contributed by atoms with Crippen LogP contribution in [-0.2, 0) is 25.6 Å². The molecule has 0 radical (unpaired) electrons. The van der Waals surface area contributed by atoms with Crippen LogP contribution in [0.1, 0.15) is 37.7 Å². The van der Waals surface area contributed by atoms with E-state index in [9.17, 15) is 26.3 Å². The summed E-state index contributed by atoms with van der Waals surface area (Å²) in [5.74, 6) is -3.16. The molecule has 0 bridgehead atoms. The maximum absolute atomic E-state index is 10.6. The van der Waals surface area contributed by atoms with Gasteiger partial charge in [0.2, 0.25) is 5.88 Å². The predicted molar refractivity (Wildman–Crippen MR) is 123 cm³/mol.